The molecule has 3 rings (SSSR count). The maximum absolute atomic E-state index is 13.0. The first-order valence-electron chi connectivity index (χ1n) is 7.20. The van der Waals surface area contributed by atoms with Crippen LogP contribution in [0, 0.1) is 5.82 Å². The van der Waals surface area contributed by atoms with Crippen molar-refractivity contribution in [2.45, 2.75) is 6.61 Å². The van der Waals surface area contributed by atoms with Crippen LogP contribution in [0.4, 0.5) is 4.39 Å². The minimum Gasteiger partial charge on any atom is -0.486 e. The molecule has 0 atom stereocenters. The smallest absolute Gasteiger partial charge is 0.331 e. The maximum Gasteiger partial charge on any atom is 0.331 e. The molecule has 0 radical (unpaired) electrons. The molecule has 1 heterocycles. The lowest BCUT2D eigenvalue weighted by Gasteiger charge is -2.18. The van der Waals surface area contributed by atoms with E-state index in [4.69, 9.17) is 14.2 Å². The van der Waals surface area contributed by atoms with Crippen LogP contribution in [0.15, 0.2) is 48.5 Å². The molecular formula is C18H15FO4. The molecule has 2 aromatic rings. The first kappa shape index (κ1) is 15.1. The molecule has 5 heteroatoms. The first-order valence-corrected chi connectivity index (χ1v) is 7.20. The summed E-state index contributed by atoms with van der Waals surface area (Å²) in [6.45, 7) is 1.08. The molecule has 0 unspecified atom stereocenters. The molecule has 0 amide bonds. The van der Waals surface area contributed by atoms with E-state index in [0.717, 1.165) is 5.56 Å². The number of hydrogen-bond acceptors (Lipinski definition) is 4. The standard InChI is InChI=1S/C18H15FO4/c19-15-3-1-2-14(10-15)12-23-18(20)7-5-13-4-6-16-17(11-13)22-9-8-21-16/h1-7,10-11H,8-9,12H2/b7-5+. The topological polar surface area (TPSA) is 44.8 Å². The highest BCUT2D eigenvalue weighted by molar-refractivity contribution is 5.87. The Labute approximate surface area is 133 Å². The molecule has 0 fully saturated rings. The summed E-state index contributed by atoms with van der Waals surface area (Å²) in [4.78, 5) is 11.7. The molecule has 2 aromatic carbocycles. The van der Waals surface area contributed by atoms with Crippen molar-refractivity contribution in [2.75, 3.05) is 13.2 Å². The predicted molar refractivity (Wildman–Crippen MR) is 82.7 cm³/mol. The zero-order valence-corrected chi connectivity index (χ0v) is 12.3. The second-order valence-electron chi connectivity index (χ2n) is 4.97. The summed E-state index contributed by atoms with van der Waals surface area (Å²) in [7, 11) is 0. The molecule has 4 nitrogen and oxygen atoms in total. The number of fused-ring (bicyclic) bond motifs is 1. The van der Waals surface area contributed by atoms with Crippen molar-refractivity contribution < 1.29 is 23.4 Å². The summed E-state index contributed by atoms with van der Waals surface area (Å²) in [5, 5.41) is 0. The molecular weight excluding hydrogens is 299 g/mol. The lowest BCUT2D eigenvalue weighted by Crippen LogP contribution is -2.15. The summed E-state index contributed by atoms with van der Waals surface area (Å²) in [5.41, 5.74) is 1.41. The van der Waals surface area contributed by atoms with Gasteiger partial charge in [-0.1, -0.05) is 18.2 Å². The Morgan fingerprint density at radius 3 is 2.78 bits per heavy atom. The maximum atomic E-state index is 13.0. The lowest BCUT2D eigenvalue weighted by molar-refractivity contribution is -0.138. The van der Waals surface area contributed by atoms with E-state index in [2.05, 4.69) is 0 Å². The molecule has 0 aromatic heterocycles. The van der Waals surface area contributed by atoms with Gasteiger partial charge in [-0.2, -0.15) is 0 Å². The first-order chi connectivity index (χ1) is 11.2. The zero-order chi connectivity index (χ0) is 16.1. The van der Waals surface area contributed by atoms with Crippen molar-refractivity contribution in [2.24, 2.45) is 0 Å². The van der Waals surface area contributed by atoms with Crippen LogP contribution < -0.4 is 9.47 Å². The Hall–Kier alpha value is -2.82. The van der Waals surface area contributed by atoms with Crippen LogP contribution in [0.5, 0.6) is 11.5 Å². The number of ether oxygens (including phenoxy) is 3. The molecule has 0 aliphatic carbocycles. The molecule has 23 heavy (non-hydrogen) atoms. The van der Waals surface area contributed by atoms with E-state index in [1.165, 1.54) is 18.2 Å². The highest BCUT2D eigenvalue weighted by atomic mass is 19.1. The normalized spacial score (nSPS) is 13.1. The second kappa shape index (κ2) is 6.96. The SMILES string of the molecule is O=C(/C=C/c1ccc2c(c1)OCCO2)OCc1cccc(F)c1. The molecule has 0 spiro atoms. The number of esters is 1. The summed E-state index contributed by atoms with van der Waals surface area (Å²) >= 11 is 0. The van der Waals surface area contributed by atoms with Gasteiger partial charge in [0.1, 0.15) is 25.6 Å². The van der Waals surface area contributed by atoms with E-state index in [0.29, 0.717) is 30.3 Å². The van der Waals surface area contributed by atoms with Gasteiger partial charge in [0.2, 0.25) is 0 Å². The van der Waals surface area contributed by atoms with Crippen molar-refractivity contribution in [3.05, 3.63) is 65.5 Å². The molecule has 0 saturated heterocycles. The molecule has 0 bridgehead atoms. The summed E-state index contributed by atoms with van der Waals surface area (Å²) in [5.74, 6) is 0.503. The number of carbonyl (C=O) groups excluding carboxylic acids is 1. The van der Waals surface area contributed by atoms with Crippen LogP contribution in [-0.2, 0) is 16.1 Å². The van der Waals surface area contributed by atoms with Gasteiger partial charge in [-0.05, 0) is 41.5 Å². The Morgan fingerprint density at radius 2 is 1.96 bits per heavy atom. The molecule has 0 saturated carbocycles. The average molecular weight is 314 g/mol. The zero-order valence-electron chi connectivity index (χ0n) is 12.3. The molecule has 0 N–H and O–H groups in total. The lowest BCUT2D eigenvalue weighted by atomic mass is 10.2. The second-order valence-corrected chi connectivity index (χ2v) is 4.97. The van der Waals surface area contributed by atoms with E-state index in [9.17, 15) is 9.18 Å². The van der Waals surface area contributed by atoms with Gasteiger partial charge in [-0.3, -0.25) is 0 Å². The monoisotopic (exact) mass is 314 g/mol. The van der Waals surface area contributed by atoms with Crippen molar-refractivity contribution in [1.82, 2.24) is 0 Å². The quantitative estimate of drug-likeness (QED) is 0.641. The number of carbonyl (C=O) groups is 1. The molecule has 118 valence electrons. The predicted octanol–water partition coefficient (Wildman–Crippen LogP) is 3.35. The summed E-state index contributed by atoms with van der Waals surface area (Å²) in [6.07, 6.45) is 2.96. The van der Waals surface area contributed by atoms with Gasteiger partial charge in [0.25, 0.3) is 0 Å². The van der Waals surface area contributed by atoms with Crippen molar-refractivity contribution >= 4 is 12.0 Å². The largest absolute Gasteiger partial charge is 0.486 e. The van der Waals surface area contributed by atoms with E-state index in [1.54, 1.807) is 30.3 Å². The summed E-state index contributed by atoms with van der Waals surface area (Å²) < 4.78 is 29.0. The number of halogens is 1. The van der Waals surface area contributed by atoms with Crippen molar-refractivity contribution in [3.63, 3.8) is 0 Å². The van der Waals surface area contributed by atoms with E-state index in [-0.39, 0.29) is 12.4 Å². The number of hydrogen-bond donors (Lipinski definition) is 0. The van der Waals surface area contributed by atoms with Gasteiger partial charge in [-0.15, -0.1) is 0 Å². The van der Waals surface area contributed by atoms with Crippen LogP contribution in [0.2, 0.25) is 0 Å². The summed E-state index contributed by atoms with van der Waals surface area (Å²) in [6, 6.07) is 11.4. The van der Waals surface area contributed by atoms with E-state index >= 15 is 0 Å². The van der Waals surface area contributed by atoms with Crippen LogP contribution in [0.1, 0.15) is 11.1 Å². The molecule has 1 aliphatic rings. The van der Waals surface area contributed by atoms with Crippen LogP contribution >= 0.6 is 0 Å². The minimum absolute atomic E-state index is 0.0298. The van der Waals surface area contributed by atoms with Crippen LogP contribution in [-0.4, -0.2) is 19.2 Å². The van der Waals surface area contributed by atoms with Gasteiger partial charge in [0.15, 0.2) is 11.5 Å². The molecule has 1 aliphatic heterocycles. The van der Waals surface area contributed by atoms with Gasteiger partial charge < -0.3 is 14.2 Å². The Bertz CT molecular complexity index is 740. The average Bonchev–Trinajstić information content (AvgIpc) is 2.58. The van der Waals surface area contributed by atoms with Gasteiger partial charge in [-0.25, -0.2) is 9.18 Å². The third kappa shape index (κ3) is 4.10. The highest BCUT2D eigenvalue weighted by Gasteiger charge is 2.10. The fourth-order valence-corrected chi connectivity index (χ4v) is 2.16. The third-order valence-corrected chi connectivity index (χ3v) is 3.25. The third-order valence-electron chi connectivity index (χ3n) is 3.25. The Balaban J connectivity index is 1.58. The van der Waals surface area contributed by atoms with Crippen LogP contribution in [0.3, 0.4) is 0 Å². The number of rotatable bonds is 4. The Morgan fingerprint density at radius 1 is 1.13 bits per heavy atom. The highest BCUT2D eigenvalue weighted by Crippen LogP contribution is 2.31. The van der Waals surface area contributed by atoms with Crippen LogP contribution in [0.25, 0.3) is 6.08 Å². The van der Waals surface area contributed by atoms with Gasteiger partial charge in [0, 0.05) is 6.08 Å². The van der Waals surface area contributed by atoms with Crippen molar-refractivity contribution in [1.29, 1.82) is 0 Å². The Kier molecular flexibility index (Phi) is 4.57. The van der Waals surface area contributed by atoms with E-state index in [1.807, 2.05) is 6.07 Å². The minimum atomic E-state index is -0.496. The van der Waals surface area contributed by atoms with Gasteiger partial charge >= 0.3 is 5.97 Å². The van der Waals surface area contributed by atoms with Gasteiger partial charge in [0.05, 0.1) is 0 Å². The number of benzene rings is 2. The van der Waals surface area contributed by atoms with E-state index < -0.39 is 5.97 Å². The fraction of sp³-hybridized carbons (Fsp3) is 0.167. The van der Waals surface area contributed by atoms with Crippen molar-refractivity contribution in [3.8, 4) is 11.5 Å². The fourth-order valence-electron chi connectivity index (χ4n) is 2.16.